The molecule has 6 nitrogen and oxygen atoms in total. The Labute approximate surface area is 122 Å². The van der Waals surface area contributed by atoms with Gasteiger partial charge in [-0.1, -0.05) is 6.92 Å². The Hall–Kier alpha value is -0.850. The molecule has 0 aromatic rings. The van der Waals surface area contributed by atoms with E-state index in [-0.39, 0.29) is 0 Å². The van der Waals surface area contributed by atoms with Crippen LogP contribution < -0.4 is 11.1 Å². The average molecular weight is 290 g/mol. The van der Waals surface area contributed by atoms with E-state index in [9.17, 15) is 4.79 Å². The van der Waals surface area contributed by atoms with E-state index >= 15 is 0 Å². The first kappa shape index (κ1) is 19.1. The van der Waals surface area contributed by atoms with Crippen LogP contribution in [0.5, 0.6) is 0 Å². The molecular weight excluding hydrogens is 260 g/mol. The van der Waals surface area contributed by atoms with Crippen molar-refractivity contribution in [3.05, 3.63) is 0 Å². The van der Waals surface area contributed by atoms with Gasteiger partial charge in [0, 0.05) is 31.7 Å². The Morgan fingerprint density at radius 2 is 1.65 bits per heavy atom. The number of nitrogens with one attached hydrogen (secondary N) is 1. The second kappa shape index (κ2) is 8.44. The van der Waals surface area contributed by atoms with Gasteiger partial charge in [0.2, 0.25) is 0 Å². The first-order chi connectivity index (χ1) is 9.18. The Kier molecular flexibility index (Phi) is 8.08. The van der Waals surface area contributed by atoms with Crippen LogP contribution in [0.3, 0.4) is 0 Å². The van der Waals surface area contributed by atoms with Gasteiger partial charge in [-0.2, -0.15) is 0 Å². The van der Waals surface area contributed by atoms with Crippen LogP contribution in [-0.4, -0.2) is 44.3 Å². The Bertz CT molecular complexity index is 285. The zero-order chi connectivity index (χ0) is 15.8. The molecule has 1 atom stereocenters. The molecule has 0 radical (unpaired) electrons. The highest BCUT2D eigenvalue weighted by Crippen LogP contribution is 2.23. The summed E-state index contributed by atoms with van der Waals surface area (Å²) in [6.07, 6.45) is -0.929. The molecule has 0 aliphatic heterocycles. The van der Waals surface area contributed by atoms with Gasteiger partial charge in [-0.25, -0.2) is 4.79 Å². The summed E-state index contributed by atoms with van der Waals surface area (Å²) in [6.45, 7) is 12.8. The largest absolute Gasteiger partial charge is 0.444 e. The third-order valence-corrected chi connectivity index (χ3v) is 2.71. The molecule has 0 fully saturated rings. The standard InChI is InChI=1S/C14H30N2O4/c1-7-18-11(19-8-2)14(6,9-15)10-16-12(17)20-13(3,4)5/h11H,7-10,15H2,1-6H3,(H,16,17). The normalized spacial score (nSPS) is 15.0. The molecule has 0 bridgehead atoms. The number of hydrogen-bond donors (Lipinski definition) is 2. The van der Waals surface area contributed by atoms with Gasteiger partial charge >= 0.3 is 6.09 Å². The summed E-state index contributed by atoms with van der Waals surface area (Å²) in [6, 6.07) is 0. The molecule has 3 N–H and O–H groups in total. The molecule has 20 heavy (non-hydrogen) atoms. The van der Waals surface area contributed by atoms with Crippen molar-refractivity contribution in [2.45, 2.75) is 53.4 Å². The number of amides is 1. The summed E-state index contributed by atoms with van der Waals surface area (Å²) in [5, 5.41) is 2.73. The molecule has 0 heterocycles. The topological polar surface area (TPSA) is 82.8 Å². The van der Waals surface area contributed by atoms with Gasteiger partial charge in [-0.3, -0.25) is 0 Å². The molecule has 0 aliphatic carbocycles. The van der Waals surface area contributed by atoms with Crippen molar-refractivity contribution in [3.8, 4) is 0 Å². The van der Waals surface area contributed by atoms with E-state index in [1.807, 2.05) is 41.5 Å². The third-order valence-electron chi connectivity index (χ3n) is 2.71. The van der Waals surface area contributed by atoms with Crippen molar-refractivity contribution in [1.29, 1.82) is 0 Å². The van der Waals surface area contributed by atoms with E-state index < -0.39 is 23.4 Å². The molecule has 1 amide bonds. The van der Waals surface area contributed by atoms with Crippen molar-refractivity contribution in [1.82, 2.24) is 5.32 Å². The van der Waals surface area contributed by atoms with Crippen LogP contribution >= 0.6 is 0 Å². The minimum atomic E-state index is -0.525. The Morgan fingerprint density at radius 1 is 1.15 bits per heavy atom. The van der Waals surface area contributed by atoms with Crippen molar-refractivity contribution in [2.24, 2.45) is 11.1 Å². The fourth-order valence-corrected chi connectivity index (χ4v) is 1.59. The van der Waals surface area contributed by atoms with Gasteiger partial charge in [0.15, 0.2) is 6.29 Å². The summed E-state index contributed by atoms with van der Waals surface area (Å²) in [5.41, 5.74) is 4.79. The lowest BCUT2D eigenvalue weighted by molar-refractivity contribution is -0.194. The molecule has 0 aliphatic rings. The molecule has 0 rings (SSSR count). The van der Waals surface area contributed by atoms with Crippen molar-refractivity contribution >= 4 is 6.09 Å². The fraction of sp³-hybridized carbons (Fsp3) is 0.929. The molecular formula is C14H30N2O4. The molecule has 120 valence electrons. The number of nitrogens with two attached hydrogens (primary N) is 1. The zero-order valence-corrected chi connectivity index (χ0v) is 13.6. The SMILES string of the molecule is CCOC(OCC)C(C)(CN)CNC(=O)OC(C)(C)C. The van der Waals surface area contributed by atoms with Crippen LogP contribution in [0.25, 0.3) is 0 Å². The number of hydrogen-bond acceptors (Lipinski definition) is 5. The van der Waals surface area contributed by atoms with Gasteiger partial charge < -0.3 is 25.3 Å². The van der Waals surface area contributed by atoms with Crippen molar-refractivity contribution in [3.63, 3.8) is 0 Å². The van der Waals surface area contributed by atoms with Crippen LogP contribution in [0.4, 0.5) is 4.79 Å². The summed E-state index contributed by atoms with van der Waals surface area (Å²) >= 11 is 0. The number of ether oxygens (including phenoxy) is 3. The van der Waals surface area contributed by atoms with E-state index in [4.69, 9.17) is 19.9 Å². The molecule has 1 unspecified atom stereocenters. The molecule has 0 spiro atoms. The van der Waals surface area contributed by atoms with Crippen LogP contribution in [0.1, 0.15) is 41.5 Å². The average Bonchev–Trinajstić information content (AvgIpc) is 2.34. The maximum atomic E-state index is 11.7. The quantitative estimate of drug-likeness (QED) is 0.667. The van der Waals surface area contributed by atoms with Crippen LogP contribution in [0.15, 0.2) is 0 Å². The predicted molar refractivity (Wildman–Crippen MR) is 78.4 cm³/mol. The molecule has 0 saturated carbocycles. The van der Waals surface area contributed by atoms with Crippen molar-refractivity contribution < 1.29 is 19.0 Å². The first-order valence-electron chi connectivity index (χ1n) is 7.08. The van der Waals surface area contributed by atoms with E-state index in [2.05, 4.69) is 5.32 Å². The lowest BCUT2D eigenvalue weighted by Gasteiger charge is -2.36. The summed E-state index contributed by atoms with van der Waals surface area (Å²) in [4.78, 5) is 11.7. The Morgan fingerprint density at radius 3 is 2.00 bits per heavy atom. The number of rotatable bonds is 8. The lowest BCUT2D eigenvalue weighted by Crippen LogP contribution is -2.50. The predicted octanol–water partition coefficient (Wildman–Crippen LogP) is 1.88. The summed E-state index contributed by atoms with van der Waals surface area (Å²) in [5.74, 6) is 0. The molecule has 0 aromatic carbocycles. The van der Waals surface area contributed by atoms with E-state index in [1.54, 1.807) is 0 Å². The maximum Gasteiger partial charge on any atom is 0.407 e. The monoisotopic (exact) mass is 290 g/mol. The number of carbonyl (C=O) groups is 1. The highest BCUT2D eigenvalue weighted by atomic mass is 16.7. The third kappa shape index (κ3) is 7.07. The van der Waals surface area contributed by atoms with Gasteiger partial charge in [0.05, 0.1) is 0 Å². The van der Waals surface area contributed by atoms with Gasteiger partial charge in [-0.15, -0.1) is 0 Å². The van der Waals surface area contributed by atoms with Crippen LogP contribution in [0, 0.1) is 5.41 Å². The first-order valence-corrected chi connectivity index (χ1v) is 7.08. The van der Waals surface area contributed by atoms with Gasteiger partial charge in [0.25, 0.3) is 0 Å². The second-order valence-corrected chi connectivity index (χ2v) is 5.96. The van der Waals surface area contributed by atoms with Crippen LogP contribution in [-0.2, 0) is 14.2 Å². The van der Waals surface area contributed by atoms with E-state index in [0.717, 1.165) is 0 Å². The molecule has 6 heteroatoms. The van der Waals surface area contributed by atoms with Crippen LogP contribution in [0.2, 0.25) is 0 Å². The summed E-state index contributed by atoms with van der Waals surface area (Å²) < 4.78 is 16.4. The van der Waals surface area contributed by atoms with E-state index in [1.165, 1.54) is 0 Å². The fourth-order valence-electron chi connectivity index (χ4n) is 1.59. The highest BCUT2D eigenvalue weighted by molar-refractivity contribution is 5.67. The maximum absolute atomic E-state index is 11.7. The van der Waals surface area contributed by atoms with Gasteiger partial charge in [0.1, 0.15) is 5.60 Å². The minimum Gasteiger partial charge on any atom is -0.444 e. The number of carbonyl (C=O) groups excluding carboxylic acids is 1. The molecule has 0 saturated heterocycles. The Balaban J connectivity index is 4.59. The minimum absolute atomic E-state index is 0.323. The number of alkyl carbamates (subject to hydrolysis) is 1. The van der Waals surface area contributed by atoms with Gasteiger partial charge in [-0.05, 0) is 34.6 Å². The second-order valence-electron chi connectivity index (χ2n) is 5.96. The molecule has 0 aromatic heterocycles. The van der Waals surface area contributed by atoms with Crippen molar-refractivity contribution in [2.75, 3.05) is 26.3 Å². The summed E-state index contributed by atoms with van der Waals surface area (Å²) in [7, 11) is 0. The highest BCUT2D eigenvalue weighted by Gasteiger charge is 2.35. The zero-order valence-electron chi connectivity index (χ0n) is 13.6. The lowest BCUT2D eigenvalue weighted by atomic mass is 9.89. The smallest absolute Gasteiger partial charge is 0.407 e. The van der Waals surface area contributed by atoms with E-state index in [0.29, 0.717) is 26.3 Å².